The quantitative estimate of drug-likeness (QED) is 0.780. The van der Waals surface area contributed by atoms with Crippen LogP contribution in [0, 0.1) is 12.8 Å². The van der Waals surface area contributed by atoms with E-state index in [0.717, 1.165) is 43.2 Å². The van der Waals surface area contributed by atoms with E-state index in [1.54, 1.807) is 11.3 Å². The van der Waals surface area contributed by atoms with Gasteiger partial charge in [-0.2, -0.15) is 0 Å². The number of aromatic nitrogens is 1. The zero-order valence-corrected chi connectivity index (χ0v) is 15.9. The Balaban J connectivity index is 1.50. The SMILES string of the molecule is Cc1nc(CN2CCC(N3CC(CS(C)(=O)=O)CC3=O)CC2)cs1. The van der Waals surface area contributed by atoms with Crippen molar-refractivity contribution in [3.63, 3.8) is 0 Å². The molecule has 0 saturated carbocycles. The highest BCUT2D eigenvalue weighted by molar-refractivity contribution is 7.90. The van der Waals surface area contributed by atoms with Gasteiger partial charge in [-0.1, -0.05) is 0 Å². The molecule has 2 saturated heterocycles. The smallest absolute Gasteiger partial charge is 0.223 e. The van der Waals surface area contributed by atoms with Crippen LogP contribution in [0.2, 0.25) is 0 Å². The number of rotatable bonds is 5. The third-order valence-corrected chi connectivity index (χ3v) is 6.73. The highest BCUT2D eigenvalue weighted by Gasteiger charge is 2.36. The molecular weight excluding hydrogens is 346 g/mol. The van der Waals surface area contributed by atoms with Gasteiger partial charge in [-0.05, 0) is 25.7 Å². The van der Waals surface area contributed by atoms with E-state index in [4.69, 9.17) is 0 Å². The van der Waals surface area contributed by atoms with Crippen LogP contribution in [-0.2, 0) is 21.2 Å². The number of carbonyl (C=O) groups is 1. The van der Waals surface area contributed by atoms with Gasteiger partial charge in [0.1, 0.15) is 9.84 Å². The summed E-state index contributed by atoms with van der Waals surface area (Å²) in [6.07, 6.45) is 3.55. The van der Waals surface area contributed by atoms with Crippen LogP contribution in [0.4, 0.5) is 0 Å². The number of piperidine rings is 1. The van der Waals surface area contributed by atoms with E-state index >= 15 is 0 Å². The summed E-state index contributed by atoms with van der Waals surface area (Å²) >= 11 is 1.68. The second kappa shape index (κ2) is 7.09. The molecule has 8 heteroatoms. The second-order valence-electron chi connectivity index (χ2n) is 7.07. The molecule has 0 aliphatic carbocycles. The van der Waals surface area contributed by atoms with Crippen LogP contribution in [-0.4, -0.2) is 66.8 Å². The maximum absolute atomic E-state index is 12.3. The lowest BCUT2D eigenvalue weighted by Crippen LogP contribution is -2.45. The Labute approximate surface area is 147 Å². The van der Waals surface area contributed by atoms with Gasteiger partial charge < -0.3 is 4.90 Å². The number of thiazole rings is 1. The summed E-state index contributed by atoms with van der Waals surface area (Å²) in [6, 6.07) is 0.260. The molecule has 0 radical (unpaired) electrons. The molecule has 3 heterocycles. The van der Waals surface area contributed by atoms with Gasteiger partial charge >= 0.3 is 0 Å². The van der Waals surface area contributed by atoms with Gasteiger partial charge in [0.15, 0.2) is 0 Å². The van der Waals surface area contributed by atoms with Crippen LogP contribution in [0.25, 0.3) is 0 Å². The van der Waals surface area contributed by atoms with E-state index in [-0.39, 0.29) is 23.6 Å². The Morgan fingerprint density at radius 1 is 1.33 bits per heavy atom. The average molecular weight is 372 g/mol. The molecule has 2 aliphatic heterocycles. The first-order valence-electron chi connectivity index (χ1n) is 8.41. The molecule has 6 nitrogen and oxygen atoms in total. The van der Waals surface area contributed by atoms with Gasteiger partial charge in [0.2, 0.25) is 5.91 Å². The minimum absolute atomic E-state index is 0.0384. The largest absolute Gasteiger partial charge is 0.339 e. The predicted molar refractivity (Wildman–Crippen MR) is 94.7 cm³/mol. The summed E-state index contributed by atoms with van der Waals surface area (Å²) in [7, 11) is -3.02. The van der Waals surface area contributed by atoms with Crippen molar-refractivity contribution in [2.24, 2.45) is 5.92 Å². The topological polar surface area (TPSA) is 70.6 Å². The molecule has 2 fully saturated rings. The fraction of sp³-hybridized carbons (Fsp3) is 0.750. The van der Waals surface area contributed by atoms with E-state index < -0.39 is 9.84 Å². The Bertz CT molecular complexity index is 693. The number of amides is 1. The first-order valence-corrected chi connectivity index (χ1v) is 11.3. The number of hydrogen-bond donors (Lipinski definition) is 0. The molecule has 0 spiro atoms. The van der Waals surface area contributed by atoms with Gasteiger partial charge in [0.05, 0.1) is 16.5 Å². The number of carbonyl (C=O) groups excluding carboxylic acids is 1. The minimum Gasteiger partial charge on any atom is -0.339 e. The molecular formula is C16H25N3O3S2. The lowest BCUT2D eigenvalue weighted by Gasteiger charge is -2.36. The molecule has 0 N–H and O–H groups in total. The molecule has 1 amide bonds. The predicted octanol–water partition coefficient (Wildman–Crippen LogP) is 1.31. The van der Waals surface area contributed by atoms with E-state index in [1.165, 1.54) is 6.26 Å². The Morgan fingerprint density at radius 2 is 2.04 bits per heavy atom. The molecule has 1 aromatic heterocycles. The van der Waals surface area contributed by atoms with Crippen LogP contribution in [0.5, 0.6) is 0 Å². The van der Waals surface area contributed by atoms with Crippen molar-refractivity contribution in [3.05, 3.63) is 16.1 Å². The van der Waals surface area contributed by atoms with Crippen molar-refractivity contribution in [1.29, 1.82) is 0 Å². The van der Waals surface area contributed by atoms with Gasteiger partial charge in [-0.15, -0.1) is 11.3 Å². The van der Waals surface area contributed by atoms with Crippen molar-refractivity contribution in [1.82, 2.24) is 14.8 Å². The van der Waals surface area contributed by atoms with Gasteiger partial charge in [0, 0.05) is 50.3 Å². The lowest BCUT2D eigenvalue weighted by atomic mass is 10.0. The Hall–Kier alpha value is -0.990. The third-order valence-electron chi connectivity index (χ3n) is 4.83. The standard InChI is InChI=1S/C16H25N3O3S2/c1-12-17-14(10-23-12)9-18-5-3-15(4-6-18)19-8-13(7-16(19)20)11-24(2,21)22/h10,13,15H,3-9,11H2,1-2H3. The van der Waals surface area contributed by atoms with E-state index in [2.05, 4.69) is 15.3 Å². The molecule has 1 unspecified atom stereocenters. The highest BCUT2D eigenvalue weighted by atomic mass is 32.2. The molecule has 0 bridgehead atoms. The van der Waals surface area contributed by atoms with Crippen LogP contribution >= 0.6 is 11.3 Å². The van der Waals surface area contributed by atoms with Crippen molar-refractivity contribution in [2.45, 2.75) is 38.8 Å². The Morgan fingerprint density at radius 3 is 2.62 bits per heavy atom. The summed E-state index contributed by atoms with van der Waals surface area (Å²) in [5, 5.41) is 3.21. The first kappa shape index (κ1) is 17.8. The number of likely N-dealkylation sites (tertiary alicyclic amines) is 2. The maximum Gasteiger partial charge on any atom is 0.223 e. The van der Waals surface area contributed by atoms with Crippen LogP contribution < -0.4 is 0 Å². The minimum atomic E-state index is -3.02. The third kappa shape index (κ3) is 4.55. The van der Waals surface area contributed by atoms with Gasteiger partial charge in [-0.3, -0.25) is 9.69 Å². The Kier molecular flexibility index (Phi) is 5.27. The van der Waals surface area contributed by atoms with Crippen LogP contribution in [0.1, 0.15) is 30.0 Å². The molecule has 134 valence electrons. The molecule has 0 aromatic carbocycles. The van der Waals surface area contributed by atoms with Gasteiger partial charge in [0.25, 0.3) is 0 Å². The summed E-state index contributed by atoms with van der Waals surface area (Å²) < 4.78 is 22.9. The molecule has 3 rings (SSSR count). The average Bonchev–Trinajstić information content (AvgIpc) is 3.04. The number of sulfone groups is 1. The zero-order valence-electron chi connectivity index (χ0n) is 14.3. The monoisotopic (exact) mass is 371 g/mol. The van der Waals surface area contributed by atoms with E-state index in [0.29, 0.717) is 13.0 Å². The van der Waals surface area contributed by atoms with Crippen molar-refractivity contribution >= 4 is 27.1 Å². The van der Waals surface area contributed by atoms with E-state index in [9.17, 15) is 13.2 Å². The molecule has 1 aromatic rings. The summed E-state index contributed by atoms with van der Waals surface area (Å²) in [6.45, 7) is 5.42. The van der Waals surface area contributed by atoms with E-state index in [1.807, 2.05) is 11.8 Å². The number of aryl methyl sites for hydroxylation is 1. The normalized spacial score (nSPS) is 24.0. The molecule has 24 heavy (non-hydrogen) atoms. The fourth-order valence-corrected chi connectivity index (χ4v) is 5.48. The number of nitrogens with zero attached hydrogens (tertiary/aromatic N) is 3. The maximum atomic E-state index is 12.3. The van der Waals surface area contributed by atoms with Gasteiger partial charge in [-0.25, -0.2) is 13.4 Å². The van der Waals surface area contributed by atoms with Crippen molar-refractivity contribution < 1.29 is 13.2 Å². The second-order valence-corrected chi connectivity index (χ2v) is 10.3. The highest BCUT2D eigenvalue weighted by Crippen LogP contribution is 2.27. The fourth-order valence-electron chi connectivity index (χ4n) is 3.80. The van der Waals surface area contributed by atoms with Crippen molar-refractivity contribution in [2.75, 3.05) is 31.6 Å². The summed E-state index contributed by atoms with van der Waals surface area (Å²) in [5.41, 5.74) is 1.13. The van der Waals surface area contributed by atoms with Crippen molar-refractivity contribution in [3.8, 4) is 0 Å². The van der Waals surface area contributed by atoms with Crippen LogP contribution in [0.15, 0.2) is 5.38 Å². The summed E-state index contributed by atoms with van der Waals surface area (Å²) in [4.78, 5) is 21.1. The van der Waals surface area contributed by atoms with Crippen LogP contribution in [0.3, 0.4) is 0 Å². The number of hydrogen-bond acceptors (Lipinski definition) is 6. The first-order chi connectivity index (χ1) is 11.3. The lowest BCUT2D eigenvalue weighted by molar-refractivity contribution is -0.130. The molecule has 2 aliphatic rings. The summed E-state index contributed by atoms with van der Waals surface area (Å²) in [5.74, 6) is 0.206. The molecule has 1 atom stereocenters. The zero-order chi connectivity index (χ0) is 17.3.